The summed E-state index contributed by atoms with van der Waals surface area (Å²) in [6.45, 7) is 5.63. The van der Waals surface area contributed by atoms with Crippen LogP contribution in [0.5, 0.6) is 0 Å². The van der Waals surface area contributed by atoms with Gasteiger partial charge in [-0.05, 0) is 32.9 Å². The Morgan fingerprint density at radius 2 is 1.71 bits per heavy atom. The molecule has 1 saturated carbocycles. The summed E-state index contributed by atoms with van der Waals surface area (Å²) in [5.74, 6) is -4.29. The zero-order valence-corrected chi connectivity index (χ0v) is 18.1. The second-order valence-corrected chi connectivity index (χ2v) is 7.67. The lowest BCUT2D eigenvalue weighted by Crippen LogP contribution is -2.68. The van der Waals surface area contributed by atoms with Crippen LogP contribution in [0.1, 0.15) is 40.0 Å². The molecule has 2 aliphatic rings. The van der Waals surface area contributed by atoms with E-state index in [-0.39, 0.29) is 56.2 Å². The topological polar surface area (TPSA) is 111 Å². The summed E-state index contributed by atoms with van der Waals surface area (Å²) in [5, 5.41) is 13.7. The number of anilines is 1. The molecule has 2 bridgehead atoms. The summed E-state index contributed by atoms with van der Waals surface area (Å²) in [4.78, 5) is 39.2. The van der Waals surface area contributed by atoms with Gasteiger partial charge in [-0.25, -0.2) is 4.79 Å². The van der Waals surface area contributed by atoms with Crippen LogP contribution in [0.2, 0.25) is 0 Å². The molecule has 1 fully saturated rings. The van der Waals surface area contributed by atoms with Crippen LogP contribution in [0, 0.1) is 11.3 Å². The van der Waals surface area contributed by atoms with Gasteiger partial charge in [-0.2, -0.15) is 0 Å². The SMILES string of the molecule is CCOC(=O)C1=C(O)C[C@]2(C(=O)Nc3ccccc3)CC(=O)C[C@H]1C2(OCC)OCC. The molecule has 8 nitrogen and oxygen atoms in total. The predicted molar refractivity (Wildman–Crippen MR) is 112 cm³/mol. The van der Waals surface area contributed by atoms with E-state index >= 15 is 0 Å². The van der Waals surface area contributed by atoms with Crippen molar-refractivity contribution in [3.8, 4) is 0 Å². The van der Waals surface area contributed by atoms with Gasteiger partial charge in [0, 0.05) is 38.2 Å². The maximum absolute atomic E-state index is 13.7. The minimum Gasteiger partial charge on any atom is -0.512 e. The Kier molecular flexibility index (Phi) is 6.81. The number of aliphatic hydroxyl groups is 1. The number of para-hydroxylation sites is 1. The number of hydrogen-bond acceptors (Lipinski definition) is 7. The van der Waals surface area contributed by atoms with Gasteiger partial charge in [0.2, 0.25) is 5.91 Å². The van der Waals surface area contributed by atoms with Crippen LogP contribution >= 0.6 is 0 Å². The van der Waals surface area contributed by atoms with Crippen molar-refractivity contribution >= 4 is 23.3 Å². The average molecular weight is 431 g/mol. The number of carbonyl (C=O) groups is 3. The van der Waals surface area contributed by atoms with Gasteiger partial charge < -0.3 is 24.6 Å². The number of ketones is 1. The molecule has 2 aliphatic carbocycles. The maximum atomic E-state index is 13.7. The number of ether oxygens (including phenoxy) is 3. The minimum absolute atomic E-state index is 0.0556. The van der Waals surface area contributed by atoms with Crippen LogP contribution in [0.25, 0.3) is 0 Å². The normalized spacial score (nSPS) is 24.6. The van der Waals surface area contributed by atoms with E-state index < -0.39 is 29.0 Å². The van der Waals surface area contributed by atoms with E-state index in [1.165, 1.54) is 0 Å². The van der Waals surface area contributed by atoms with E-state index in [1.807, 2.05) is 6.07 Å². The third kappa shape index (κ3) is 3.85. The number of rotatable bonds is 8. The number of esters is 1. The molecule has 0 unspecified atom stereocenters. The lowest BCUT2D eigenvalue weighted by atomic mass is 9.56. The Balaban J connectivity index is 2.18. The van der Waals surface area contributed by atoms with Gasteiger partial charge in [-0.3, -0.25) is 9.59 Å². The van der Waals surface area contributed by atoms with Crippen LogP contribution in [0.3, 0.4) is 0 Å². The van der Waals surface area contributed by atoms with Crippen LogP contribution in [-0.2, 0) is 28.6 Å². The Morgan fingerprint density at radius 3 is 2.29 bits per heavy atom. The van der Waals surface area contributed by atoms with Crippen LogP contribution in [0.15, 0.2) is 41.7 Å². The number of carbonyl (C=O) groups excluding carboxylic acids is 3. The molecule has 1 amide bonds. The molecule has 0 radical (unpaired) electrons. The van der Waals surface area contributed by atoms with E-state index in [2.05, 4.69) is 5.32 Å². The molecule has 31 heavy (non-hydrogen) atoms. The maximum Gasteiger partial charge on any atom is 0.337 e. The fourth-order valence-corrected chi connectivity index (χ4v) is 4.80. The van der Waals surface area contributed by atoms with Crippen LogP contribution in [0.4, 0.5) is 5.69 Å². The number of allylic oxidation sites excluding steroid dienone is 1. The quantitative estimate of drug-likeness (QED) is 0.480. The highest BCUT2D eigenvalue weighted by molar-refractivity contribution is 6.02. The third-order valence-electron chi connectivity index (χ3n) is 5.86. The zero-order chi connectivity index (χ0) is 22.6. The van der Waals surface area contributed by atoms with Gasteiger partial charge in [-0.1, -0.05) is 18.2 Å². The van der Waals surface area contributed by atoms with Crippen molar-refractivity contribution in [3.05, 3.63) is 41.7 Å². The van der Waals surface area contributed by atoms with E-state index in [0.717, 1.165) is 0 Å². The lowest BCUT2D eigenvalue weighted by Gasteiger charge is -2.56. The predicted octanol–water partition coefficient (Wildman–Crippen LogP) is 3.14. The zero-order valence-electron chi connectivity index (χ0n) is 18.1. The molecule has 1 aromatic carbocycles. The molecule has 2 atom stereocenters. The van der Waals surface area contributed by atoms with Crippen LogP contribution < -0.4 is 5.32 Å². The number of nitrogens with one attached hydrogen (secondary N) is 1. The molecule has 0 saturated heterocycles. The van der Waals surface area contributed by atoms with Crippen molar-refractivity contribution in [2.75, 3.05) is 25.1 Å². The van der Waals surface area contributed by atoms with Gasteiger partial charge in [0.15, 0.2) is 5.79 Å². The highest BCUT2D eigenvalue weighted by Gasteiger charge is 2.70. The average Bonchev–Trinajstić information content (AvgIpc) is 2.71. The number of Topliss-reactive ketones (excluding diaryl/α,β-unsaturated/α-hetero) is 1. The second kappa shape index (κ2) is 9.20. The monoisotopic (exact) mass is 431 g/mol. The molecule has 8 heteroatoms. The van der Waals surface area contributed by atoms with E-state index in [0.29, 0.717) is 5.69 Å². The van der Waals surface area contributed by atoms with Crippen molar-refractivity contribution in [2.45, 2.75) is 45.8 Å². The summed E-state index contributed by atoms with van der Waals surface area (Å²) in [6.07, 6.45) is -0.553. The minimum atomic E-state index is -1.60. The Hall–Kier alpha value is -2.71. The second-order valence-electron chi connectivity index (χ2n) is 7.67. The van der Waals surface area contributed by atoms with Gasteiger partial charge in [-0.15, -0.1) is 0 Å². The number of benzene rings is 1. The highest BCUT2D eigenvalue weighted by Crippen LogP contribution is 2.59. The van der Waals surface area contributed by atoms with Gasteiger partial charge in [0.05, 0.1) is 18.1 Å². The van der Waals surface area contributed by atoms with E-state index in [4.69, 9.17) is 14.2 Å². The summed E-state index contributed by atoms with van der Waals surface area (Å²) in [6, 6.07) is 8.82. The summed E-state index contributed by atoms with van der Waals surface area (Å²) < 4.78 is 17.4. The number of aliphatic hydroxyl groups excluding tert-OH is 1. The standard InChI is InChI=1S/C23H29NO7/c1-4-29-20(27)19-17-12-16(25)13-22(14-18(19)26,23(17,30-5-2)31-6-3)21(28)24-15-10-8-7-9-11-15/h7-11,17,26H,4-6,12-14H2,1-3H3,(H,24,28)/t17-,22+/m1/s1. The van der Waals surface area contributed by atoms with Crippen molar-refractivity contribution in [1.82, 2.24) is 0 Å². The fourth-order valence-electron chi connectivity index (χ4n) is 4.80. The first-order valence-electron chi connectivity index (χ1n) is 10.6. The fraction of sp³-hybridized carbons (Fsp3) is 0.522. The van der Waals surface area contributed by atoms with Crippen molar-refractivity contribution in [2.24, 2.45) is 11.3 Å². The molecule has 0 spiro atoms. The molecule has 2 N–H and O–H groups in total. The smallest absolute Gasteiger partial charge is 0.337 e. The highest BCUT2D eigenvalue weighted by atomic mass is 16.7. The van der Waals surface area contributed by atoms with Crippen LogP contribution in [-0.4, -0.2) is 48.4 Å². The first-order valence-corrected chi connectivity index (χ1v) is 10.6. The van der Waals surface area contributed by atoms with Gasteiger partial charge in [0.1, 0.15) is 17.0 Å². The largest absolute Gasteiger partial charge is 0.512 e. The molecule has 3 rings (SSSR count). The first kappa shape index (κ1) is 23.0. The lowest BCUT2D eigenvalue weighted by molar-refractivity contribution is -0.321. The molecule has 168 valence electrons. The Labute approximate surface area is 181 Å². The molecule has 0 aromatic heterocycles. The van der Waals surface area contributed by atoms with E-state index in [9.17, 15) is 19.5 Å². The van der Waals surface area contributed by atoms with Crippen molar-refractivity contribution in [1.29, 1.82) is 0 Å². The third-order valence-corrected chi connectivity index (χ3v) is 5.86. The summed E-state index contributed by atoms with van der Waals surface area (Å²) >= 11 is 0. The number of amides is 1. The van der Waals surface area contributed by atoms with Gasteiger partial charge in [0.25, 0.3) is 0 Å². The van der Waals surface area contributed by atoms with E-state index in [1.54, 1.807) is 45.0 Å². The summed E-state index contributed by atoms with van der Waals surface area (Å²) in [5.41, 5.74) is -1.06. The number of hydrogen-bond donors (Lipinski definition) is 2. The molecule has 1 aromatic rings. The molecule has 0 heterocycles. The van der Waals surface area contributed by atoms with Crippen molar-refractivity contribution < 1.29 is 33.7 Å². The van der Waals surface area contributed by atoms with Gasteiger partial charge >= 0.3 is 5.97 Å². The first-order chi connectivity index (χ1) is 14.8. The Morgan fingerprint density at radius 1 is 1.06 bits per heavy atom. The molecular weight excluding hydrogens is 402 g/mol. The molecule has 0 aliphatic heterocycles. The molecular formula is C23H29NO7. The summed E-state index contributed by atoms with van der Waals surface area (Å²) in [7, 11) is 0. The van der Waals surface area contributed by atoms with Crippen molar-refractivity contribution in [3.63, 3.8) is 0 Å². The Bertz CT molecular complexity index is 873. The number of fused-ring (bicyclic) bond motifs is 2.